The Morgan fingerprint density at radius 3 is 2.82 bits per heavy atom. The van der Waals surface area contributed by atoms with Gasteiger partial charge >= 0.3 is 0 Å². The van der Waals surface area contributed by atoms with Crippen molar-refractivity contribution in [1.82, 2.24) is 0 Å². The first-order valence-corrected chi connectivity index (χ1v) is 6.21. The highest BCUT2D eigenvalue weighted by Gasteiger charge is 1.95. The van der Waals surface area contributed by atoms with Gasteiger partial charge in [0.2, 0.25) is 0 Å². The molecule has 0 amide bonds. The summed E-state index contributed by atoms with van der Waals surface area (Å²) in [6, 6.07) is 8.19. The maximum absolute atomic E-state index is 8.70. The molecule has 0 unspecified atom stereocenters. The third kappa shape index (κ3) is 5.38. The molecule has 1 N–H and O–H groups in total. The summed E-state index contributed by atoms with van der Waals surface area (Å²) in [6.07, 6.45) is 7.90. The summed E-state index contributed by atoms with van der Waals surface area (Å²) in [5.74, 6) is 6.44. The maximum atomic E-state index is 8.70. The minimum atomic E-state index is 0.102. The van der Waals surface area contributed by atoms with Crippen molar-refractivity contribution in [3.63, 3.8) is 0 Å². The number of aliphatic hydroxyl groups is 1. The molecule has 17 heavy (non-hydrogen) atoms. The summed E-state index contributed by atoms with van der Waals surface area (Å²) in [7, 11) is 0. The number of hydrogen-bond acceptors (Lipinski definition) is 1. The van der Waals surface area contributed by atoms with E-state index in [0.29, 0.717) is 0 Å². The van der Waals surface area contributed by atoms with Crippen molar-refractivity contribution in [2.45, 2.75) is 32.6 Å². The number of hydrogen-bond donors (Lipinski definition) is 1. The SMILES string of the molecule is CCCCC#Cc1ccccc1C/C=C/CO. The van der Waals surface area contributed by atoms with Crippen LogP contribution in [0.4, 0.5) is 0 Å². The first-order valence-electron chi connectivity index (χ1n) is 6.21. The average molecular weight is 228 g/mol. The molecule has 0 atom stereocenters. The van der Waals surface area contributed by atoms with Crippen molar-refractivity contribution in [2.24, 2.45) is 0 Å². The summed E-state index contributed by atoms with van der Waals surface area (Å²) in [5.41, 5.74) is 2.33. The van der Waals surface area contributed by atoms with Gasteiger partial charge < -0.3 is 5.11 Å². The second-order valence-corrected chi connectivity index (χ2v) is 3.92. The van der Waals surface area contributed by atoms with E-state index in [9.17, 15) is 0 Å². The molecule has 0 aromatic heterocycles. The van der Waals surface area contributed by atoms with Crippen LogP contribution >= 0.6 is 0 Å². The molecule has 0 aliphatic heterocycles. The smallest absolute Gasteiger partial charge is 0.0612 e. The van der Waals surface area contributed by atoms with Crippen LogP contribution in [0.1, 0.15) is 37.3 Å². The zero-order chi connectivity index (χ0) is 12.3. The van der Waals surface area contributed by atoms with Gasteiger partial charge in [-0.25, -0.2) is 0 Å². The molecule has 1 nitrogen and oxygen atoms in total. The molecule has 90 valence electrons. The molecule has 0 aliphatic rings. The molecular formula is C16H20O. The largest absolute Gasteiger partial charge is 0.392 e. The fourth-order valence-corrected chi connectivity index (χ4v) is 1.53. The topological polar surface area (TPSA) is 20.2 Å². The molecule has 1 aromatic rings. The third-order valence-corrected chi connectivity index (χ3v) is 2.51. The lowest BCUT2D eigenvalue weighted by atomic mass is 10.0. The van der Waals surface area contributed by atoms with E-state index in [1.54, 1.807) is 6.08 Å². The zero-order valence-corrected chi connectivity index (χ0v) is 10.4. The Bertz CT molecular complexity index is 407. The molecule has 1 heteroatoms. The van der Waals surface area contributed by atoms with Crippen LogP contribution in [0.2, 0.25) is 0 Å². The third-order valence-electron chi connectivity index (χ3n) is 2.51. The van der Waals surface area contributed by atoms with Gasteiger partial charge in [0, 0.05) is 12.0 Å². The minimum Gasteiger partial charge on any atom is -0.392 e. The van der Waals surface area contributed by atoms with Gasteiger partial charge in [-0.1, -0.05) is 55.5 Å². The Morgan fingerprint density at radius 2 is 2.06 bits per heavy atom. The second kappa shape index (κ2) is 8.61. The van der Waals surface area contributed by atoms with E-state index in [0.717, 1.165) is 18.4 Å². The molecule has 0 fully saturated rings. The molecule has 0 radical (unpaired) electrons. The summed E-state index contributed by atoms with van der Waals surface area (Å²) in [4.78, 5) is 0. The van der Waals surface area contributed by atoms with Crippen LogP contribution in [0.3, 0.4) is 0 Å². The first kappa shape index (κ1) is 13.5. The van der Waals surface area contributed by atoms with Crippen LogP contribution < -0.4 is 0 Å². The van der Waals surface area contributed by atoms with Crippen molar-refractivity contribution in [3.8, 4) is 11.8 Å². The van der Waals surface area contributed by atoms with Gasteiger partial charge in [-0.2, -0.15) is 0 Å². The molecule has 0 spiro atoms. The van der Waals surface area contributed by atoms with Gasteiger partial charge in [0.15, 0.2) is 0 Å². The van der Waals surface area contributed by atoms with Gasteiger partial charge in [-0.15, -0.1) is 0 Å². The Morgan fingerprint density at radius 1 is 1.24 bits per heavy atom. The number of benzene rings is 1. The van der Waals surface area contributed by atoms with Gasteiger partial charge in [-0.05, 0) is 24.5 Å². The van der Waals surface area contributed by atoms with Crippen LogP contribution in [0, 0.1) is 11.8 Å². The molecule has 0 aliphatic carbocycles. The van der Waals surface area contributed by atoms with E-state index >= 15 is 0 Å². The Labute approximate surface area is 104 Å². The lowest BCUT2D eigenvalue weighted by Crippen LogP contribution is -1.87. The van der Waals surface area contributed by atoms with Crippen LogP contribution in [-0.4, -0.2) is 11.7 Å². The predicted molar refractivity (Wildman–Crippen MR) is 72.8 cm³/mol. The highest BCUT2D eigenvalue weighted by Crippen LogP contribution is 2.09. The van der Waals surface area contributed by atoms with Crippen molar-refractivity contribution in [1.29, 1.82) is 0 Å². The van der Waals surface area contributed by atoms with Crippen LogP contribution in [0.25, 0.3) is 0 Å². The quantitative estimate of drug-likeness (QED) is 0.465. The fourth-order valence-electron chi connectivity index (χ4n) is 1.53. The van der Waals surface area contributed by atoms with Crippen molar-refractivity contribution < 1.29 is 5.11 Å². The van der Waals surface area contributed by atoms with E-state index in [1.165, 1.54) is 18.4 Å². The van der Waals surface area contributed by atoms with E-state index in [-0.39, 0.29) is 6.61 Å². The summed E-state index contributed by atoms with van der Waals surface area (Å²) < 4.78 is 0. The number of rotatable bonds is 5. The number of allylic oxidation sites excluding steroid dienone is 1. The van der Waals surface area contributed by atoms with Gasteiger partial charge in [0.1, 0.15) is 0 Å². The summed E-state index contributed by atoms with van der Waals surface area (Å²) in [6.45, 7) is 2.28. The van der Waals surface area contributed by atoms with Crippen molar-refractivity contribution in [3.05, 3.63) is 47.5 Å². The average Bonchev–Trinajstić information content (AvgIpc) is 2.36. The second-order valence-electron chi connectivity index (χ2n) is 3.92. The lowest BCUT2D eigenvalue weighted by molar-refractivity contribution is 0.342. The number of unbranched alkanes of at least 4 members (excludes halogenated alkanes) is 2. The zero-order valence-electron chi connectivity index (χ0n) is 10.4. The summed E-state index contributed by atoms with van der Waals surface area (Å²) >= 11 is 0. The van der Waals surface area contributed by atoms with Gasteiger partial charge in [0.05, 0.1) is 6.61 Å². The lowest BCUT2D eigenvalue weighted by Gasteiger charge is -2.00. The molecule has 1 rings (SSSR count). The molecule has 0 saturated heterocycles. The highest BCUT2D eigenvalue weighted by atomic mass is 16.2. The molecule has 0 bridgehead atoms. The molecule has 1 aromatic carbocycles. The fraction of sp³-hybridized carbons (Fsp3) is 0.375. The summed E-state index contributed by atoms with van der Waals surface area (Å²) in [5, 5.41) is 8.70. The van der Waals surface area contributed by atoms with E-state index in [1.807, 2.05) is 18.2 Å². The predicted octanol–water partition coefficient (Wildman–Crippen LogP) is 3.32. The van der Waals surface area contributed by atoms with Gasteiger partial charge in [0.25, 0.3) is 0 Å². The Balaban J connectivity index is 2.69. The number of aliphatic hydroxyl groups excluding tert-OH is 1. The minimum absolute atomic E-state index is 0.102. The van der Waals surface area contributed by atoms with Gasteiger partial charge in [-0.3, -0.25) is 0 Å². The van der Waals surface area contributed by atoms with Crippen LogP contribution in [0.15, 0.2) is 36.4 Å². The molecule has 0 heterocycles. The van der Waals surface area contributed by atoms with E-state index < -0.39 is 0 Å². The maximum Gasteiger partial charge on any atom is 0.0612 e. The monoisotopic (exact) mass is 228 g/mol. The van der Waals surface area contributed by atoms with Crippen LogP contribution in [-0.2, 0) is 6.42 Å². The van der Waals surface area contributed by atoms with Crippen molar-refractivity contribution >= 4 is 0 Å². The normalized spacial score (nSPS) is 10.2. The van der Waals surface area contributed by atoms with Crippen molar-refractivity contribution in [2.75, 3.05) is 6.61 Å². The Hall–Kier alpha value is -1.52. The van der Waals surface area contributed by atoms with E-state index in [2.05, 4.69) is 30.9 Å². The van der Waals surface area contributed by atoms with Crippen LogP contribution in [0.5, 0.6) is 0 Å². The van der Waals surface area contributed by atoms with E-state index in [4.69, 9.17) is 5.11 Å². The standard InChI is InChI=1S/C16H20O/c1-2-3-4-5-10-15-11-6-7-12-16(15)13-8-9-14-17/h6-9,11-12,17H,2-4,13-14H2,1H3/b9-8+. The molecular weight excluding hydrogens is 208 g/mol. The molecule has 0 saturated carbocycles. The first-order chi connectivity index (χ1) is 8.38. The highest BCUT2D eigenvalue weighted by molar-refractivity contribution is 5.42. The Kier molecular flexibility index (Phi) is 6.86.